The minimum Gasteiger partial charge on any atom is -0.457 e. The molecule has 1 aliphatic rings. The van der Waals surface area contributed by atoms with E-state index in [-0.39, 0.29) is 18.3 Å². The largest absolute Gasteiger partial charge is 0.457 e. The van der Waals surface area contributed by atoms with Crippen LogP contribution in [0.2, 0.25) is 0 Å². The maximum Gasteiger partial charge on any atom is 0.324 e. The van der Waals surface area contributed by atoms with E-state index in [4.69, 9.17) is 4.74 Å². The number of cyclic esters (lactones) is 1. The number of morpholine rings is 1. The summed E-state index contributed by atoms with van der Waals surface area (Å²) in [6, 6.07) is 1.17. The summed E-state index contributed by atoms with van der Waals surface area (Å²) >= 11 is 0. The minimum atomic E-state index is -0.535. The first-order chi connectivity index (χ1) is 9.80. The summed E-state index contributed by atoms with van der Waals surface area (Å²) in [5, 5.41) is 6.77. The lowest BCUT2D eigenvalue weighted by Crippen LogP contribution is -2.57. The van der Waals surface area contributed by atoms with Crippen molar-refractivity contribution >= 4 is 17.7 Å². The quantitative estimate of drug-likeness (QED) is 0.830. The first kappa shape index (κ1) is 15.5. The highest BCUT2D eigenvalue weighted by molar-refractivity contribution is 5.93. The Morgan fingerprint density at radius 3 is 2.86 bits per heavy atom. The first-order valence-electron chi connectivity index (χ1n) is 7.07. The molecule has 2 heterocycles. The molecule has 1 atom stereocenters. The Morgan fingerprint density at radius 2 is 2.29 bits per heavy atom. The summed E-state index contributed by atoms with van der Waals surface area (Å²) in [4.78, 5) is 26.1. The number of amides is 1. The number of carbonyl (C=O) groups excluding carboxylic acids is 2. The molecule has 21 heavy (non-hydrogen) atoms. The van der Waals surface area contributed by atoms with Gasteiger partial charge in [-0.3, -0.25) is 19.2 Å². The van der Waals surface area contributed by atoms with Crippen LogP contribution in [0.1, 0.15) is 27.2 Å². The lowest BCUT2D eigenvalue weighted by Gasteiger charge is -2.41. The molecule has 1 aromatic rings. The van der Waals surface area contributed by atoms with E-state index >= 15 is 0 Å². The zero-order valence-electron chi connectivity index (χ0n) is 12.9. The van der Waals surface area contributed by atoms with Crippen molar-refractivity contribution in [2.45, 2.75) is 38.8 Å². The molecule has 0 spiro atoms. The van der Waals surface area contributed by atoms with E-state index < -0.39 is 11.6 Å². The van der Waals surface area contributed by atoms with Crippen LogP contribution in [0.25, 0.3) is 0 Å². The number of nitrogens with one attached hydrogen (secondary N) is 1. The number of anilines is 1. The van der Waals surface area contributed by atoms with Crippen molar-refractivity contribution in [3.05, 3.63) is 12.3 Å². The number of nitrogens with zero attached hydrogens (tertiary/aromatic N) is 3. The highest BCUT2D eigenvalue weighted by Crippen LogP contribution is 2.23. The van der Waals surface area contributed by atoms with Crippen molar-refractivity contribution in [2.75, 3.05) is 18.4 Å². The van der Waals surface area contributed by atoms with Crippen LogP contribution in [0.4, 0.5) is 5.82 Å². The lowest BCUT2D eigenvalue weighted by atomic mass is 10.0. The molecule has 1 aliphatic heterocycles. The molecule has 1 saturated heterocycles. The number of likely N-dealkylation sites (N-methyl/N-ethyl adjacent to an activating group) is 1. The van der Waals surface area contributed by atoms with Gasteiger partial charge in [0.15, 0.2) is 5.82 Å². The third-order valence-electron chi connectivity index (χ3n) is 3.44. The summed E-state index contributed by atoms with van der Waals surface area (Å²) in [6.45, 7) is 7.03. The van der Waals surface area contributed by atoms with Crippen LogP contribution in [-0.2, 0) is 21.4 Å². The number of hydrogen-bond donors (Lipinski definition) is 1. The van der Waals surface area contributed by atoms with Gasteiger partial charge >= 0.3 is 5.97 Å². The number of esters is 1. The van der Waals surface area contributed by atoms with E-state index in [1.54, 1.807) is 24.0 Å². The van der Waals surface area contributed by atoms with Crippen LogP contribution < -0.4 is 5.32 Å². The Balaban J connectivity index is 2.00. The number of hydrogen-bond acceptors (Lipinski definition) is 5. The fourth-order valence-electron chi connectivity index (χ4n) is 2.52. The van der Waals surface area contributed by atoms with Gasteiger partial charge in [-0.25, -0.2) is 0 Å². The second-order valence-electron chi connectivity index (χ2n) is 5.89. The van der Waals surface area contributed by atoms with Gasteiger partial charge < -0.3 is 10.1 Å². The van der Waals surface area contributed by atoms with Crippen LogP contribution in [0.3, 0.4) is 0 Å². The molecule has 7 nitrogen and oxygen atoms in total. The molecule has 1 amide bonds. The smallest absolute Gasteiger partial charge is 0.324 e. The molecule has 0 aromatic carbocycles. The van der Waals surface area contributed by atoms with Crippen molar-refractivity contribution in [3.8, 4) is 0 Å². The average Bonchev–Trinajstić information content (AvgIpc) is 2.77. The maximum absolute atomic E-state index is 12.1. The number of aromatic nitrogens is 2. The molecule has 1 fully saturated rings. The zero-order valence-corrected chi connectivity index (χ0v) is 12.9. The van der Waals surface area contributed by atoms with Crippen molar-refractivity contribution in [1.29, 1.82) is 0 Å². The molecule has 7 heteroatoms. The highest BCUT2D eigenvalue weighted by Gasteiger charge is 2.40. The van der Waals surface area contributed by atoms with Gasteiger partial charge in [0.25, 0.3) is 0 Å². The Labute approximate surface area is 124 Å². The van der Waals surface area contributed by atoms with Gasteiger partial charge in [-0.2, -0.15) is 5.10 Å². The highest BCUT2D eigenvalue weighted by atomic mass is 16.6. The van der Waals surface area contributed by atoms with Gasteiger partial charge in [0.1, 0.15) is 11.6 Å². The molecule has 1 N–H and O–H groups in total. The van der Waals surface area contributed by atoms with E-state index in [9.17, 15) is 9.59 Å². The van der Waals surface area contributed by atoms with Crippen molar-refractivity contribution < 1.29 is 14.3 Å². The first-order valence-corrected chi connectivity index (χ1v) is 7.07. The van der Waals surface area contributed by atoms with Gasteiger partial charge in [0, 0.05) is 25.9 Å². The molecule has 0 aliphatic carbocycles. The summed E-state index contributed by atoms with van der Waals surface area (Å²) in [6.07, 6.45) is 1.81. The van der Waals surface area contributed by atoms with E-state index in [1.807, 2.05) is 25.7 Å². The van der Waals surface area contributed by atoms with Crippen LogP contribution in [-0.4, -0.2) is 51.3 Å². The van der Waals surface area contributed by atoms with Crippen LogP contribution in [0.5, 0.6) is 0 Å². The minimum absolute atomic E-state index is 0.0688. The van der Waals surface area contributed by atoms with Crippen molar-refractivity contribution in [1.82, 2.24) is 14.7 Å². The van der Waals surface area contributed by atoms with E-state index in [0.29, 0.717) is 18.9 Å². The second kappa shape index (κ2) is 5.85. The Morgan fingerprint density at radius 1 is 1.57 bits per heavy atom. The topological polar surface area (TPSA) is 76.5 Å². The molecule has 0 radical (unpaired) electrons. The fraction of sp³-hybridized carbons (Fsp3) is 0.643. The predicted molar refractivity (Wildman–Crippen MR) is 77.7 cm³/mol. The average molecular weight is 294 g/mol. The second-order valence-corrected chi connectivity index (χ2v) is 5.89. The van der Waals surface area contributed by atoms with E-state index in [2.05, 4.69) is 10.4 Å². The standard InChI is InChI=1S/C14H22N4O3/c1-5-18-9-14(2,3)21-13(20)10(18)8-12(19)15-11-6-7-17(4)16-11/h6-7,10H,5,8-9H2,1-4H3,(H,15,16,19). The number of rotatable bonds is 4. The molecule has 1 unspecified atom stereocenters. The van der Waals surface area contributed by atoms with Gasteiger partial charge in [-0.15, -0.1) is 0 Å². The summed E-state index contributed by atoms with van der Waals surface area (Å²) in [5.41, 5.74) is -0.513. The zero-order chi connectivity index (χ0) is 15.6. The Hall–Kier alpha value is -1.89. The van der Waals surface area contributed by atoms with E-state index in [1.165, 1.54) is 0 Å². The summed E-state index contributed by atoms with van der Waals surface area (Å²) in [7, 11) is 1.77. The van der Waals surface area contributed by atoms with E-state index in [0.717, 1.165) is 0 Å². The summed E-state index contributed by atoms with van der Waals surface area (Å²) in [5.74, 6) is -0.104. The van der Waals surface area contributed by atoms with Crippen LogP contribution >= 0.6 is 0 Å². The Bertz CT molecular complexity index is 538. The predicted octanol–water partition coefficient (Wildman–Crippen LogP) is 0.775. The monoisotopic (exact) mass is 294 g/mol. The molecule has 116 valence electrons. The molecule has 0 bridgehead atoms. The summed E-state index contributed by atoms with van der Waals surface area (Å²) < 4.78 is 7.00. The van der Waals surface area contributed by atoms with Crippen LogP contribution in [0, 0.1) is 0 Å². The molecule has 1 aromatic heterocycles. The third-order valence-corrected chi connectivity index (χ3v) is 3.44. The molecule has 2 rings (SSSR count). The Kier molecular flexibility index (Phi) is 4.32. The number of ether oxygens (including phenoxy) is 1. The maximum atomic E-state index is 12.1. The third kappa shape index (κ3) is 3.81. The van der Waals surface area contributed by atoms with Gasteiger partial charge in [-0.05, 0) is 20.4 Å². The fourth-order valence-corrected chi connectivity index (χ4v) is 2.52. The van der Waals surface area contributed by atoms with Crippen molar-refractivity contribution in [3.63, 3.8) is 0 Å². The van der Waals surface area contributed by atoms with Crippen LogP contribution in [0.15, 0.2) is 12.3 Å². The lowest BCUT2D eigenvalue weighted by molar-refractivity contribution is -0.178. The number of aryl methyl sites for hydroxylation is 1. The normalized spacial score (nSPS) is 21.9. The van der Waals surface area contributed by atoms with Gasteiger partial charge in [-0.1, -0.05) is 6.92 Å². The van der Waals surface area contributed by atoms with Gasteiger partial charge in [0.05, 0.1) is 6.42 Å². The number of carbonyl (C=O) groups is 2. The molecule has 0 saturated carbocycles. The molecular weight excluding hydrogens is 272 g/mol. The molecular formula is C14H22N4O3. The SMILES string of the molecule is CCN1CC(C)(C)OC(=O)C1CC(=O)Nc1ccn(C)n1. The van der Waals surface area contributed by atoms with Crippen molar-refractivity contribution in [2.24, 2.45) is 7.05 Å². The van der Waals surface area contributed by atoms with Gasteiger partial charge in [0.2, 0.25) is 5.91 Å².